The molecule has 1 fully saturated rings. The molecule has 0 aliphatic carbocycles. The molecule has 0 radical (unpaired) electrons. The van der Waals surface area contributed by atoms with E-state index in [9.17, 15) is 9.59 Å². The standard InChI is InChI=1S/C21H21N3O4S/c1-27-17-4-2-3-14-7-18(28-20(14)17)21(26)23-9-13(10-23)11-24-19(25)8-15-12-29-6-5-16(15)22-24/h2-4,7-8,13H,5-6,9-12H2,1H3. The van der Waals surface area contributed by atoms with Crippen molar-refractivity contribution in [1.29, 1.82) is 0 Å². The summed E-state index contributed by atoms with van der Waals surface area (Å²) in [6.45, 7) is 1.72. The van der Waals surface area contributed by atoms with Crippen LogP contribution in [-0.4, -0.2) is 46.5 Å². The predicted octanol–water partition coefficient (Wildman–Crippen LogP) is 2.56. The lowest BCUT2D eigenvalue weighted by molar-refractivity contribution is 0.0429. The number of benzene rings is 1. The van der Waals surface area contributed by atoms with Gasteiger partial charge in [-0.3, -0.25) is 9.59 Å². The zero-order valence-corrected chi connectivity index (χ0v) is 16.9. The van der Waals surface area contributed by atoms with Crippen molar-refractivity contribution in [2.75, 3.05) is 26.0 Å². The van der Waals surface area contributed by atoms with Gasteiger partial charge in [0.25, 0.3) is 11.5 Å². The first-order chi connectivity index (χ1) is 14.1. The van der Waals surface area contributed by atoms with Gasteiger partial charge < -0.3 is 14.1 Å². The number of carbonyl (C=O) groups is 1. The first kappa shape index (κ1) is 18.3. The van der Waals surface area contributed by atoms with Crippen molar-refractivity contribution in [2.45, 2.75) is 18.7 Å². The van der Waals surface area contributed by atoms with E-state index in [-0.39, 0.29) is 17.4 Å². The van der Waals surface area contributed by atoms with Crippen LogP contribution >= 0.6 is 11.8 Å². The average molecular weight is 411 g/mol. The van der Waals surface area contributed by atoms with Crippen LogP contribution < -0.4 is 10.3 Å². The van der Waals surface area contributed by atoms with E-state index in [2.05, 4.69) is 5.10 Å². The smallest absolute Gasteiger partial charge is 0.289 e. The number of para-hydroxylation sites is 1. The summed E-state index contributed by atoms with van der Waals surface area (Å²) in [5.74, 6) is 2.92. The fourth-order valence-corrected chi connectivity index (χ4v) is 4.89. The highest BCUT2D eigenvalue weighted by molar-refractivity contribution is 7.98. The van der Waals surface area contributed by atoms with Gasteiger partial charge in [0.15, 0.2) is 17.1 Å². The third-order valence-corrected chi connectivity index (χ3v) is 6.53. The highest BCUT2D eigenvalue weighted by Crippen LogP contribution is 2.30. The largest absolute Gasteiger partial charge is 0.493 e. The van der Waals surface area contributed by atoms with Crippen LogP contribution in [0.4, 0.5) is 0 Å². The molecule has 0 unspecified atom stereocenters. The van der Waals surface area contributed by atoms with Gasteiger partial charge in [0.2, 0.25) is 0 Å². The van der Waals surface area contributed by atoms with E-state index in [0.717, 1.165) is 34.6 Å². The number of aromatic nitrogens is 2. The van der Waals surface area contributed by atoms with E-state index < -0.39 is 0 Å². The number of furan rings is 1. The minimum atomic E-state index is -0.137. The van der Waals surface area contributed by atoms with Gasteiger partial charge in [0.05, 0.1) is 19.3 Å². The van der Waals surface area contributed by atoms with Gasteiger partial charge in [-0.05, 0) is 23.4 Å². The van der Waals surface area contributed by atoms with Crippen LogP contribution in [0.25, 0.3) is 11.0 Å². The molecule has 150 valence electrons. The second kappa shape index (κ2) is 7.26. The molecule has 0 saturated carbocycles. The molecule has 29 heavy (non-hydrogen) atoms. The molecule has 5 rings (SSSR count). The van der Waals surface area contributed by atoms with Crippen LogP contribution in [0.3, 0.4) is 0 Å². The molecule has 2 aliphatic rings. The maximum Gasteiger partial charge on any atom is 0.289 e. The number of methoxy groups -OCH3 is 1. The van der Waals surface area contributed by atoms with Crippen LogP contribution in [-0.2, 0) is 18.7 Å². The lowest BCUT2D eigenvalue weighted by atomic mass is 9.99. The lowest BCUT2D eigenvalue weighted by Gasteiger charge is -2.38. The molecule has 1 aromatic carbocycles. The summed E-state index contributed by atoms with van der Waals surface area (Å²) < 4.78 is 12.6. The molecule has 4 heterocycles. The zero-order valence-electron chi connectivity index (χ0n) is 16.1. The van der Waals surface area contributed by atoms with Gasteiger partial charge in [0.1, 0.15) is 0 Å². The number of hydrogen-bond acceptors (Lipinski definition) is 6. The molecule has 8 heteroatoms. The monoisotopic (exact) mass is 411 g/mol. The van der Waals surface area contributed by atoms with E-state index in [1.807, 2.05) is 30.0 Å². The summed E-state index contributed by atoms with van der Waals surface area (Å²) >= 11 is 1.84. The number of amides is 1. The SMILES string of the molecule is COc1cccc2cc(C(=O)N3CC(Cn4nc5c(cc4=O)CSCC5)C3)oc12. The molecule has 1 amide bonds. The molecule has 0 spiro atoms. The van der Waals surface area contributed by atoms with E-state index in [1.54, 1.807) is 28.8 Å². The fourth-order valence-electron chi connectivity index (χ4n) is 3.94. The zero-order chi connectivity index (χ0) is 20.0. The Balaban J connectivity index is 1.26. The number of ether oxygens (including phenoxy) is 1. The Hall–Kier alpha value is -2.74. The van der Waals surface area contributed by atoms with Gasteiger partial charge in [-0.15, -0.1) is 0 Å². The molecule has 2 aliphatic heterocycles. The molecule has 2 aromatic heterocycles. The molecular weight excluding hydrogens is 390 g/mol. The number of carbonyl (C=O) groups excluding carboxylic acids is 1. The quantitative estimate of drug-likeness (QED) is 0.657. The molecule has 0 N–H and O–H groups in total. The topological polar surface area (TPSA) is 77.6 Å². The van der Waals surface area contributed by atoms with Crippen molar-refractivity contribution in [3.63, 3.8) is 0 Å². The summed E-state index contributed by atoms with van der Waals surface area (Å²) in [5.41, 5.74) is 2.62. The number of likely N-dealkylation sites (tertiary alicyclic amines) is 1. The Kier molecular flexibility index (Phi) is 4.58. The van der Waals surface area contributed by atoms with Crippen molar-refractivity contribution < 1.29 is 13.9 Å². The second-order valence-corrected chi connectivity index (χ2v) is 8.61. The molecule has 3 aromatic rings. The highest BCUT2D eigenvalue weighted by atomic mass is 32.2. The van der Waals surface area contributed by atoms with E-state index in [1.165, 1.54) is 0 Å². The number of aryl methyl sites for hydroxylation is 1. The fraction of sp³-hybridized carbons (Fsp3) is 0.381. The van der Waals surface area contributed by atoms with Crippen molar-refractivity contribution >= 4 is 28.6 Å². The van der Waals surface area contributed by atoms with Crippen LogP contribution in [0.5, 0.6) is 5.75 Å². The normalized spacial score (nSPS) is 16.5. The van der Waals surface area contributed by atoms with Gasteiger partial charge in [-0.2, -0.15) is 16.9 Å². The molecular formula is C21H21N3O4S. The Morgan fingerprint density at radius 3 is 3.03 bits per heavy atom. The van der Waals surface area contributed by atoms with E-state index in [4.69, 9.17) is 9.15 Å². The number of nitrogens with zero attached hydrogens (tertiary/aromatic N) is 3. The van der Waals surface area contributed by atoms with E-state index in [0.29, 0.717) is 36.7 Å². The van der Waals surface area contributed by atoms with E-state index >= 15 is 0 Å². The van der Waals surface area contributed by atoms with Crippen LogP contribution in [0.1, 0.15) is 21.8 Å². The first-order valence-electron chi connectivity index (χ1n) is 9.66. The number of rotatable bonds is 4. The summed E-state index contributed by atoms with van der Waals surface area (Å²) in [6.07, 6.45) is 0.908. The first-order valence-corrected chi connectivity index (χ1v) is 10.8. The van der Waals surface area contributed by atoms with Gasteiger partial charge >= 0.3 is 0 Å². The van der Waals surface area contributed by atoms with Crippen molar-refractivity contribution in [2.24, 2.45) is 5.92 Å². The van der Waals surface area contributed by atoms with Crippen molar-refractivity contribution in [1.82, 2.24) is 14.7 Å². The van der Waals surface area contributed by atoms with Crippen molar-refractivity contribution in [3.05, 3.63) is 57.7 Å². The minimum absolute atomic E-state index is 0.0552. The third kappa shape index (κ3) is 3.31. The number of hydrogen-bond donors (Lipinski definition) is 0. The molecule has 7 nitrogen and oxygen atoms in total. The minimum Gasteiger partial charge on any atom is -0.493 e. The van der Waals surface area contributed by atoms with Crippen molar-refractivity contribution in [3.8, 4) is 5.75 Å². The van der Waals surface area contributed by atoms with Crippen LogP contribution in [0.15, 0.2) is 39.5 Å². The number of fused-ring (bicyclic) bond motifs is 2. The second-order valence-electron chi connectivity index (χ2n) is 7.50. The third-order valence-electron chi connectivity index (χ3n) is 5.52. The summed E-state index contributed by atoms with van der Waals surface area (Å²) in [6, 6.07) is 9.04. The van der Waals surface area contributed by atoms with Gasteiger partial charge in [-0.25, -0.2) is 4.68 Å². The maximum atomic E-state index is 12.8. The molecule has 1 saturated heterocycles. The Morgan fingerprint density at radius 1 is 1.34 bits per heavy atom. The Bertz CT molecular complexity index is 1150. The molecule has 0 atom stereocenters. The average Bonchev–Trinajstić information content (AvgIpc) is 3.14. The van der Waals surface area contributed by atoms with Gasteiger partial charge in [0, 0.05) is 42.6 Å². The maximum absolute atomic E-state index is 12.8. The number of thioether (sulfide) groups is 1. The summed E-state index contributed by atoms with van der Waals surface area (Å²) in [7, 11) is 1.58. The Morgan fingerprint density at radius 2 is 2.21 bits per heavy atom. The molecule has 0 bridgehead atoms. The highest BCUT2D eigenvalue weighted by Gasteiger charge is 2.33. The summed E-state index contributed by atoms with van der Waals surface area (Å²) in [4.78, 5) is 26.8. The van der Waals surface area contributed by atoms with Gasteiger partial charge in [-0.1, -0.05) is 12.1 Å². The lowest BCUT2D eigenvalue weighted by Crippen LogP contribution is -2.52. The van der Waals surface area contributed by atoms with Crippen LogP contribution in [0, 0.1) is 5.92 Å². The van der Waals surface area contributed by atoms with Crippen LogP contribution in [0.2, 0.25) is 0 Å². The predicted molar refractivity (Wildman–Crippen MR) is 111 cm³/mol. The Labute approximate surface area is 171 Å². The summed E-state index contributed by atoms with van der Waals surface area (Å²) in [5, 5.41) is 5.41.